The highest BCUT2D eigenvalue weighted by Gasteiger charge is 2.00. The summed E-state index contributed by atoms with van der Waals surface area (Å²) < 4.78 is 25.8. The van der Waals surface area contributed by atoms with Crippen LogP contribution in [-0.2, 0) is 6.42 Å². The predicted octanol–water partition coefficient (Wildman–Crippen LogP) is 5.32. The van der Waals surface area contributed by atoms with Gasteiger partial charge in [-0.3, -0.25) is 0 Å². The molecule has 0 atom stereocenters. The summed E-state index contributed by atoms with van der Waals surface area (Å²) in [5.41, 5.74) is 2.67. The Hall–Kier alpha value is -2.62. The Morgan fingerprint density at radius 1 is 0.833 bits per heavy atom. The molecule has 2 aromatic carbocycles. The van der Waals surface area contributed by atoms with E-state index in [4.69, 9.17) is 0 Å². The molecule has 0 saturated heterocycles. The highest BCUT2D eigenvalue weighted by atomic mass is 19.2. The molecule has 0 amide bonds. The van der Waals surface area contributed by atoms with Crippen molar-refractivity contribution < 1.29 is 8.78 Å². The normalized spacial score (nSPS) is 12.0. The molecule has 0 unspecified atom stereocenters. The van der Waals surface area contributed by atoms with Crippen LogP contribution in [-0.4, -0.2) is 12.4 Å². The SMILES string of the molecule is CC/C=C/CCc1ccc(/C=N/N=C/c2ccc(F)c(F)c2)cc1. The quantitative estimate of drug-likeness (QED) is 0.374. The van der Waals surface area contributed by atoms with Crippen molar-refractivity contribution in [3.05, 3.63) is 82.9 Å². The van der Waals surface area contributed by atoms with E-state index in [0.717, 1.165) is 37.0 Å². The van der Waals surface area contributed by atoms with Gasteiger partial charge in [0.2, 0.25) is 0 Å². The molecule has 0 aliphatic carbocycles. The standard InChI is InChI=1S/C20H20F2N2/c1-2-3-4-5-6-16-7-9-17(10-8-16)14-23-24-15-18-11-12-19(21)20(22)13-18/h3-4,7-15H,2,5-6H2,1H3/b4-3+,23-14+,24-15+. The van der Waals surface area contributed by atoms with Crippen LogP contribution >= 0.6 is 0 Å². The molecule has 2 rings (SSSR count). The minimum Gasteiger partial charge on any atom is -0.204 e. The lowest BCUT2D eigenvalue weighted by atomic mass is 10.1. The van der Waals surface area contributed by atoms with Crippen molar-refractivity contribution in [2.45, 2.75) is 26.2 Å². The molecule has 0 aliphatic rings. The number of allylic oxidation sites excluding steroid dienone is 2. The maximum atomic E-state index is 13.0. The zero-order valence-corrected chi connectivity index (χ0v) is 13.6. The largest absolute Gasteiger partial charge is 0.204 e. The molecule has 0 N–H and O–H groups in total. The average Bonchev–Trinajstić information content (AvgIpc) is 2.60. The van der Waals surface area contributed by atoms with Crippen LogP contribution in [0.2, 0.25) is 0 Å². The van der Waals surface area contributed by atoms with E-state index in [1.54, 1.807) is 6.21 Å². The summed E-state index contributed by atoms with van der Waals surface area (Å²) in [6.45, 7) is 2.12. The molecule has 0 spiro atoms. The molecular formula is C20H20F2N2. The summed E-state index contributed by atoms with van der Waals surface area (Å²) in [4.78, 5) is 0. The van der Waals surface area contributed by atoms with E-state index in [1.807, 2.05) is 12.1 Å². The Bertz CT molecular complexity index is 732. The van der Waals surface area contributed by atoms with Crippen LogP contribution in [0.3, 0.4) is 0 Å². The van der Waals surface area contributed by atoms with Crippen molar-refractivity contribution in [3.63, 3.8) is 0 Å². The third kappa shape index (κ3) is 5.88. The van der Waals surface area contributed by atoms with Gasteiger partial charge in [-0.2, -0.15) is 10.2 Å². The van der Waals surface area contributed by atoms with Crippen LogP contribution in [0.15, 0.2) is 64.8 Å². The van der Waals surface area contributed by atoms with Gasteiger partial charge in [-0.15, -0.1) is 0 Å². The van der Waals surface area contributed by atoms with Crippen molar-refractivity contribution in [2.75, 3.05) is 0 Å². The van der Waals surface area contributed by atoms with Gasteiger partial charge in [0.15, 0.2) is 11.6 Å². The molecule has 0 radical (unpaired) electrons. The van der Waals surface area contributed by atoms with Crippen LogP contribution in [0.1, 0.15) is 36.5 Å². The molecule has 24 heavy (non-hydrogen) atoms. The van der Waals surface area contributed by atoms with Crippen LogP contribution in [0.5, 0.6) is 0 Å². The third-order valence-electron chi connectivity index (χ3n) is 3.41. The van der Waals surface area contributed by atoms with Crippen molar-refractivity contribution in [1.82, 2.24) is 0 Å². The van der Waals surface area contributed by atoms with Crippen molar-refractivity contribution in [1.29, 1.82) is 0 Å². The van der Waals surface area contributed by atoms with Gasteiger partial charge in [-0.25, -0.2) is 8.78 Å². The summed E-state index contributed by atoms with van der Waals surface area (Å²) in [5, 5.41) is 7.77. The van der Waals surface area contributed by atoms with Crippen LogP contribution in [0.4, 0.5) is 8.78 Å². The molecular weight excluding hydrogens is 306 g/mol. The van der Waals surface area contributed by atoms with Gasteiger partial charge >= 0.3 is 0 Å². The van der Waals surface area contributed by atoms with Gasteiger partial charge in [0.1, 0.15) is 0 Å². The van der Waals surface area contributed by atoms with Gasteiger partial charge in [0, 0.05) is 0 Å². The van der Waals surface area contributed by atoms with Crippen molar-refractivity contribution in [3.8, 4) is 0 Å². The highest BCUT2D eigenvalue weighted by molar-refractivity contribution is 5.82. The van der Waals surface area contributed by atoms with E-state index in [-0.39, 0.29) is 0 Å². The number of hydrogen-bond donors (Lipinski definition) is 0. The van der Waals surface area contributed by atoms with Crippen LogP contribution < -0.4 is 0 Å². The number of aryl methyl sites for hydroxylation is 1. The topological polar surface area (TPSA) is 24.7 Å². The summed E-state index contributed by atoms with van der Waals surface area (Å²) in [5.74, 6) is -1.77. The van der Waals surface area contributed by atoms with E-state index in [0.29, 0.717) is 5.56 Å². The predicted molar refractivity (Wildman–Crippen MR) is 95.7 cm³/mol. The second-order valence-corrected chi connectivity index (χ2v) is 5.32. The number of benzene rings is 2. The summed E-state index contributed by atoms with van der Waals surface area (Å²) in [6, 6.07) is 11.7. The second-order valence-electron chi connectivity index (χ2n) is 5.32. The van der Waals surface area contributed by atoms with Gasteiger partial charge in [-0.1, -0.05) is 49.4 Å². The lowest BCUT2D eigenvalue weighted by Gasteiger charge is -1.99. The van der Waals surface area contributed by atoms with Gasteiger partial charge < -0.3 is 0 Å². The number of halogens is 2. The average molecular weight is 326 g/mol. The Labute approximate surface area is 141 Å². The molecule has 0 aromatic heterocycles. The monoisotopic (exact) mass is 326 g/mol. The molecule has 2 nitrogen and oxygen atoms in total. The van der Waals surface area contributed by atoms with Crippen molar-refractivity contribution >= 4 is 12.4 Å². The minimum absolute atomic E-state index is 0.460. The lowest BCUT2D eigenvalue weighted by Crippen LogP contribution is -1.88. The smallest absolute Gasteiger partial charge is 0.159 e. The highest BCUT2D eigenvalue weighted by Crippen LogP contribution is 2.08. The molecule has 4 heteroatoms. The fourth-order valence-corrected chi connectivity index (χ4v) is 2.10. The van der Waals surface area contributed by atoms with E-state index in [2.05, 4.69) is 41.4 Å². The first-order valence-corrected chi connectivity index (χ1v) is 7.94. The van der Waals surface area contributed by atoms with E-state index < -0.39 is 11.6 Å². The van der Waals surface area contributed by atoms with Gasteiger partial charge in [0.25, 0.3) is 0 Å². The molecule has 0 fully saturated rings. The summed E-state index contributed by atoms with van der Waals surface area (Å²) in [7, 11) is 0. The second kappa shape index (κ2) is 9.50. The van der Waals surface area contributed by atoms with Crippen LogP contribution in [0, 0.1) is 11.6 Å². The number of hydrogen-bond acceptors (Lipinski definition) is 2. The van der Waals surface area contributed by atoms with E-state index in [9.17, 15) is 8.78 Å². The van der Waals surface area contributed by atoms with E-state index >= 15 is 0 Å². The maximum absolute atomic E-state index is 13.0. The molecule has 0 aliphatic heterocycles. The Morgan fingerprint density at radius 2 is 1.50 bits per heavy atom. The first-order chi connectivity index (χ1) is 11.7. The molecule has 0 bridgehead atoms. The molecule has 0 heterocycles. The summed E-state index contributed by atoms with van der Waals surface area (Å²) in [6.07, 6.45) is 10.5. The van der Waals surface area contributed by atoms with Gasteiger partial charge in [-0.05, 0) is 48.1 Å². The number of nitrogens with zero attached hydrogens (tertiary/aromatic N) is 2. The Balaban J connectivity index is 1.88. The Morgan fingerprint density at radius 3 is 2.17 bits per heavy atom. The lowest BCUT2D eigenvalue weighted by molar-refractivity contribution is 0.508. The Kier molecular flexibility index (Phi) is 7.02. The van der Waals surface area contributed by atoms with E-state index in [1.165, 1.54) is 17.8 Å². The zero-order valence-electron chi connectivity index (χ0n) is 13.6. The minimum atomic E-state index is -0.896. The summed E-state index contributed by atoms with van der Waals surface area (Å²) >= 11 is 0. The molecule has 0 saturated carbocycles. The number of rotatable bonds is 7. The third-order valence-corrected chi connectivity index (χ3v) is 3.41. The molecule has 2 aromatic rings. The molecule has 124 valence electrons. The first-order valence-electron chi connectivity index (χ1n) is 7.94. The van der Waals surface area contributed by atoms with Gasteiger partial charge in [0.05, 0.1) is 12.4 Å². The fourth-order valence-electron chi connectivity index (χ4n) is 2.10. The maximum Gasteiger partial charge on any atom is 0.159 e. The van der Waals surface area contributed by atoms with Crippen molar-refractivity contribution in [2.24, 2.45) is 10.2 Å². The van der Waals surface area contributed by atoms with Crippen LogP contribution in [0.25, 0.3) is 0 Å². The first kappa shape index (κ1) is 17.7. The fraction of sp³-hybridized carbons (Fsp3) is 0.200. The zero-order chi connectivity index (χ0) is 17.2.